The van der Waals surface area contributed by atoms with Gasteiger partial charge in [-0.25, -0.2) is 4.98 Å². The normalized spacial score (nSPS) is 13.9. The van der Waals surface area contributed by atoms with Crippen LogP contribution in [0.15, 0.2) is 36.5 Å². The summed E-state index contributed by atoms with van der Waals surface area (Å²) in [7, 11) is 0. The fourth-order valence-electron chi connectivity index (χ4n) is 1.82. The third-order valence-electron chi connectivity index (χ3n) is 2.66. The van der Waals surface area contributed by atoms with Crippen LogP contribution in [0, 0.1) is 10.1 Å². The van der Waals surface area contributed by atoms with Gasteiger partial charge in [0.2, 0.25) is 0 Å². The first-order valence-electron chi connectivity index (χ1n) is 6.87. The van der Waals surface area contributed by atoms with Crippen molar-refractivity contribution in [3.63, 3.8) is 0 Å². The van der Waals surface area contributed by atoms with Crippen molar-refractivity contribution >= 4 is 5.69 Å². The van der Waals surface area contributed by atoms with E-state index in [0.29, 0.717) is 0 Å². The highest BCUT2D eigenvalue weighted by molar-refractivity contribution is 5.72. The number of hydrogen-bond donors (Lipinski definition) is 0. The molecule has 2 heterocycles. The number of nitrogens with zero attached hydrogens (tertiary/aromatic N) is 2. The predicted octanol–water partition coefficient (Wildman–Crippen LogP) is 4.39. The summed E-state index contributed by atoms with van der Waals surface area (Å²) < 4.78 is 34.9. The summed E-state index contributed by atoms with van der Waals surface area (Å²) in [5.41, 5.74) is 0.354. The summed E-state index contributed by atoms with van der Waals surface area (Å²) >= 11 is 0. The molecule has 0 N–H and O–H groups in total. The molecule has 0 saturated heterocycles. The second kappa shape index (κ2) is 6.55. The molecule has 23 heavy (non-hydrogen) atoms. The molecule has 0 spiro atoms. The second-order valence-corrected chi connectivity index (χ2v) is 4.67. The van der Waals surface area contributed by atoms with Crippen LogP contribution in [0.25, 0.3) is 11.3 Å². The van der Waals surface area contributed by atoms with E-state index < -0.39 is 11.2 Å². The molecule has 0 amide bonds. The quantitative estimate of drug-likeness (QED) is 0.605. The van der Waals surface area contributed by atoms with Crippen molar-refractivity contribution < 1.29 is 23.2 Å². The van der Waals surface area contributed by atoms with Gasteiger partial charge in [-0.2, -0.15) is 0 Å². The molecular formula is C15H14F2N2O4. The second-order valence-electron chi connectivity index (χ2n) is 4.67. The predicted molar refractivity (Wildman–Crippen MR) is 78.5 cm³/mol. The highest BCUT2D eigenvalue weighted by Crippen LogP contribution is 2.46. The molecule has 0 atom stereocenters. The molecule has 6 nitrogen and oxygen atoms in total. The van der Waals surface area contributed by atoms with Gasteiger partial charge in [0.05, 0.1) is 10.6 Å². The molecule has 0 radical (unpaired) electrons. The summed E-state index contributed by atoms with van der Waals surface area (Å²) in [6.45, 7) is 4.25. The Morgan fingerprint density at radius 2 is 1.91 bits per heavy atom. The lowest BCUT2D eigenvalue weighted by molar-refractivity contribution is -0.385. The molecule has 1 aromatic carbocycles. The molecule has 1 aromatic heterocycles. The number of nitro groups is 1. The topological polar surface area (TPSA) is 74.5 Å². The van der Waals surface area contributed by atoms with Crippen LogP contribution in [-0.4, -0.2) is 16.2 Å². The maximum absolute atomic E-state index is 13.0. The van der Waals surface area contributed by atoms with Gasteiger partial charge >= 0.3 is 6.29 Å². The Balaban J connectivity index is 0.000000595. The Bertz CT molecular complexity index is 705. The first kappa shape index (κ1) is 16.6. The Kier molecular flexibility index (Phi) is 4.73. The number of aromatic nitrogens is 1. The van der Waals surface area contributed by atoms with E-state index in [1.165, 1.54) is 36.8 Å². The van der Waals surface area contributed by atoms with Gasteiger partial charge in [0, 0.05) is 11.6 Å². The summed E-state index contributed by atoms with van der Waals surface area (Å²) in [6, 6.07) is 6.94. The monoisotopic (exact) mass is 324 g/mol. The molecule has 0 fully saturated rings. The van der Waals surface area contributed by atoms with Gasteiger partial charge in [-0.15, -0.1) is 8.78 Å². The fourth-order valence-corrected chi connectivity index (χ4v) is 1.82. The van der Waals surface area contributed by atoms with Crippen LogP contribution < -0.4 is 9.47 Å². The molecule has 0 aliphatic carbocycles. The van der Waals surface area contributed by atoms with Gasteiger partial charge in [0.15, 0.2) is 11.5 Å². The molecule has 0 unspecified atom stereocenters. The third-order valence-corrected chi connectivity index (χ3v) is 2.66. The van der Waals surface area contributed by atoms with Crippen molar-refractivity contribution in [3.05, 3.63) is 46.6 Å². The highest BCUT2D eigenvalue weighted by atomic mass is 19.3. The number of pyridine rings is 1. The van der Waals surface area contributed by atoms with Crippen LogP contribution in [0.2, 0.25) is 0 Å². The summed E-state index contributed by atoms with van der Waals surface area (Å²) in [4.78, 5) is 13.8. The lowest BCUT2D eigenvalue weighted by atomic mass is 10.1. The zero-order valence-corrected chi connectivity index (χ0v) is 12.5. The first-order valence-corrected chi connectivity index (χ1v) is 6.87. The van der Waals surface area contributed by atoms with E-state index in [1.54, 1.807) is 0 Å². The van der Waals surface area contributed by atoms with Gasteiger partial charge in [0.25, 0.3) is 5.69 Å². The molecule has 1 aliphatic rings. The van der Waals surface area contributed by atoms with E-state index in [2.05, 4.69) is 28.3 Å². The number of para-hydroxylation sites is 1. The van der Waals surface area contributed by atoms with Gasteiger partial charge in [-0.1, -0.05) is 26.3 Å². The van der Waals surface area contributed by atoms with Crippen molar-refractivity contribution in [3.8, 4) is 22.8 Å². The van der Waals surface area contributed by atoms with E-state index in [9.17, 15) is 18.9 Å². The standard InChI is InChI=1S/C12H6F2N2O4.C3H8/c13-12(14)19-10-3-1-2-8(11(10)20-12)9-5-4-7(6-15-9)16(17)18;1-3-2/h1-6H;3H2,1-2H3. The highest BCUT2D eigenvalue weighted by Gasteiger charge is 2.44. The Morgan fingerprint density at radius 3 is 2.48 bits per heavy atom. The first-order chi connectivity index (χ1) is 10.9. The van der Waals surface area contributed by atoms with Gasteiger partial charge < -0.3 is 9.47 Å². The SMILES string of the molecule is CCC.O=[N+]([O-])c1ccc(-c2cccc3c2OC(F)(F)O3)nc1. The van der Waals surface area contributed by atoms with Crippen LogP contribution in [0.3, 0.4) is 0 Å². The number of benzene rings is 1. The van der Waals surface area contributed by atoms with Gasteiger partial charge in [-0.05, 0) is 18.2 Å². The number of hydrogen-bond acceptors (Lipinski definition) is 5. The minimum absolute atomic E-state index is 0.104. The van der Waals surface area contributed by atoms with Crippen molar-refractivity contribution in [2.75, 3.05) is 0 Å². The van der Waals surface area contributed by atoms with Crippen molar-refractivity contribution in [1.29, 1.82) is 0 Å². The van der Waals surface area contributed by atoms with Crippen LogP contribution in [-0.2, 0) is 0 Å². The molecule has 122 valence electrons. The lowest BCUT2D eigenvalue weighted by Crippen LogP contribution is -2.26. The molecule has 8 heteroatoms. The average molecular weight is 324 g/mol. The van der Waals surface area contributed by atoms with E-state index in [0.717, 1.165) is 6.20 Å². The number of alkyl halides is 2. The van der Waals surface area contributed by atoms with Gasteiger partial charge in [0.1, 0.15) is 6.20 Å². The molecule has 3 rings (SSSR count). The number of ether oxygens (including phenoxy) is 2. The molecule has 2 aromatic rings. The van der Waals surface area contributed by atoms with Crippen molar-refractivity contribution in [1.82, 2.24) is 4.98 Å². The van der Waals surface area contributed by atoms with E-state index >= 15 is 0 Å². The summed E-state index contributed by atoms with van der Waals surface area (Å²) in [6.07, 6.45) is -1.43. The smallest absolute Gasteiger partial charge is 0.395 e. The fraction of sp³-hybridized carbons (Fsp3) is 0.267. The Hall–Kier alpha value is -2.77. The van der Waals surface area contributed by atoms with Crippen LogP contribution in [0.1, 0.15) is 20.3 Å². The molecule has 0 bridgehead atoms. The Morgan fingerprint density at radius 1 is 1.22 bits per heavy atom. The van der Waals surface area contributed by atoms with E-state index in [4.69, 9.17) is 0 Å². The van der Waals surface area contributed by atoms with Crippen LogP contribution in [0.5, 0.6) is 11.5 Å². The van der Waals surface area contributed by atoms with E-state index in [1.807, 2.05) is 0 Å². The minimum Gasteiger partial charge on any atom is -0.395 e. The Labute approximate surface area is 130 Å². The minimum atomic E-state index is -3.72. The molecule has 1 aliphatic heterocycles. The zero-order valence-electron chi connectivity index (χ0n) is 12.5. The maximum Gasteiger partial charge on any atom is 0.586 e. The lowest BCUT2D eigenvalue weighted by Gasteiger charge is -2.06. The van der Waals surface area contributed by atoms with Gasteiger partial charge in [-0.3, -0.25) is 10.1 Å². The summed E-state index contributed by atoms with van der Waals surface area (Å²) in [5, 5.41) is 10.5. The number of halogens is 2. The summed E-state index contributed by atoms with van der Waals surface area (Å²) in [5.74, 6) is -0.244. The number of fused-ring (bicyclic) bond motifs is 1. The van der Waals surface area contributed by atoms with Crippen LogP contribution in [0.4, 0.5) is 14.5 Å². The zero-order chi connectivity index (χ0) is 17.0. The van der Waals surface area contributed by atoms with Crippen molar-refractivity contribution in [2.45, 2.75) is 26.6 Å². The van der Waals surface area contributed by atoms with Crippen LogP contribution >= 0.6 is 0 Å². The molecular weight excluding hydrogens is 310 g/mol. The third kappa shape index (κ3) is 3.71. The van der Waals surface area contributed by atoms with Crippen molar-refractivity contribution in [2.24, 2.45) is 0 Å². The maximum atomic E-state index is 13.0. The largest absolute Gasteiger partial charge is 0.586 e. The average Bonchev–Trinajstić information content (AvgIpc) is 2.81. The number of rotatable bonds is 2. The molecule has 0 saturated carbocycles. The van der Waals surface area contributed by atoms with E-state index in [-0.39, 0.29) is 28.4 Å².